The standard InChI is InChI=1S/C18H14F3N3O2/c19-13-6-11(5-12(7-13)17(25)26)16-9-18(20,21)10-23(16)14-2-4-24-15(8-14)1-3-22-24/h1-8,16H,9-10H2,(H,25,26)/t16-/m1/s1. The van der Waals surface area contributed by atoms with Crippen LogP contribution in [0.1, 0.15) is 28.4 Å². The molecule has 8 heteroatoms. The number of aromatic carboxylic acids is 1. The molecule has 0 spiro atoms. The fourth-order valence-electron chi connectivity index (χ4n) is 3.40. The monoisotopic (exact) mass is 361 g/mol. The second kappa shape index (κ2) is 5.76. The van der Waals surface area contributed by atoms with Crippen molar-refractivity contribution >= 4 is 17.2 Å². The maximum Gasteiger partial charge on any atom is 0.335 e. The molecule has 0 radical (unpaired) electrons. The summed E-state index contributed by atoms with van der Waals surface area (Å²) in [6.45, 7) is -0.527. The van der Waals surface area contributed by atoms with E-state index in [9.17, 15) is 18.0 Å². The minimum Gasteiger partial charge on any atom is -0.478 e. The largest absolute Gasteiger partial charge is 0.478 e. The summed E-state index contributed by atoms with van der Waals surface area (Å²) in [5.74, 6) is -5.03. The summed E-state index contributed by atoms with van der Waals surface area (Å²) in [4.78, 5) is 12.7. The minimum atomic E-state index is -2.97. The first kappa shape index (κ1) is 16.4. The molecule has 1 saturated heterocycles. The van der Waals surface area contributed by atoms with Gasteiger partial charge in [0.05, 0.1) is 23.7 Å². The minimum absolute atomic E-state index is 0.216. The highest BCUT2D eigenvalue weighted by molar-refractivity contribution is 5.87. The van der Waals surface area contributed by atoms with Crippen LogP contribution < -0.4 is 4.90 Å². The summed E-state index contributed by atoms with van der Waals surface area (Å²) < 4.78 is 43.8. The van der Waals surface area contributed by atoms with Crippen molar-refractivity contribution in [2.24, 2.45) is 0 Å². The normalized spacial score (nSPS) is 19.2. The van der Waals surface area contributed by atoms with Crippen LogP contribution in [0.3, 0.4) is 0 Å². The number of halogens is 3. The Kier molecular flexibility index (Phi) is 3.64. The number of aromatic nitrogens is 2. The van der Waals surface area contributed by atoms with Crippen molar-refractivity contribution in [2.75, 3.05) is 11.4 Å². The summed E-state index contributed by atoms with van der Waals surface area (Å²) in [5, 5.41) is 13.2. The number of hydrogen-bond acceptors (Lipinski definition) is 3. The van der Waals surface area contributed by atoms with Crippen LogP contribution in [0.25, 0.3) is 5.52 Å². The summed E-state index contributed by atoms with van der Waals surface area (Å²) >= 11 is 0. The van der Waals surface area contributed by atoms with E-state index in [0.29, 0.717) is 5.69 Å². The first-order valence-corrected chi connectivity index (χ1v) is 7.94. The molecule has 26 heavy (non-hydrogen) atoms. The van der Waals surface area contributed by atoms with Crippen LogP contribution in [0.15, 0.2) is 48.8 Å². The third kappa shape index (κ3) is 2.87. The molecule has 1 aliphatic rings. The molecule has 0 unspecified atom stereocenters. The number of fused-ring (bicyclic) bond motifs is 1. The molecule has 5 nitrogen and oxygen atoms in total. The molecule has 134 valence electrons. The van der Waals surface area contributed by atoms with Crippen LogP contribution in [0.4, 0.5) is 18.9 Å². The molecular weight excluding hydrogens is 347 g/mol. The number of benzene rings is 1. The lowest BCUT2D eigenvalue weighted by Crippen LogP contribution is -2.26. The van der Waals surface area contributed by atoms with Gasteiger partial charge >= 0.3 is 5.97 Å². The number of carboxylic acids is 1. The lowest BCUT2D eigenvalue weighted by molar-refractivity contribution is 0.0223. The molecule has 1 fully saturated rings. The maximum absolute atomic E-state index is 14.2. The van der Waals surface area contributed by atoms with Crippen molar-refractivity contribution in [2.45, 2.75) is 18.4 Å². The average Bonchev–Trinajstić information content (AvgIpc) is 3.17. The molecule has 0 saturated carbocycles. The van der Waals surface area contributed by atoms with E-state index in [0.717, 1.165) is 17.6 Å². The van der Waals surface area contributed by atoms with Crippen LogP contribution in [-0.2, 0) is 0 Å². The lowest BCUT2D eigenvalue weighted by Gasteiger charge is -2.26. The molecule has 1 atom stereocenters. The zero-order chi connectivity index (χ0) is 18.5. The molecule has 1 aliphatic heterocycles. The van der Waals surface area contributed by atoms with Gasteiger partial charge in [0.2, 0.25) is 0 Å². The van der Waals surface area contributed by atoms with Crippen molar-refractivity contribution in [1.29, 1.82) is 0 Å². The SMILES string of the molecule is O=C(O)c1cc(F)cc([C@H]2CC(F)(F)CN2c2ccn3nccc3c2)c1. The number of carboxylic acid groups (broad SMARTS) is 1. The number of hydrogen-bond donors (Lipinski definition) is 1. The van der Waals surface area contributed by atoms with E-state index >= 15 is 0 Å². The van der Waals surface area contributed by atoms with Gasteiger partial charge in [-0.1, -0.05) is 0 Å². The number of anilines is 1. The number of nitrogens with zero attached hydrogens (tertiary/aromatic N) is 3. The number of carbonyl (C=O) groups is 1. The van der Waals surface area contributed by atoms with Crippen LogP contribution in [0.2, 0.25) is 0 Å². The van der Waals surface area contributed by atoms with Crippen molar-refractivity contribution in [1.82, 2.24) is 9.61 Å². The molecule has 2 aromatic heterocycles. The average molecular weight is 361 g/mol. The highest BCUT2D eigenvalue weighted by Crippen LogP contribution is 2.44. The summed E-state index contributed by atoms with van der Waals surface area (Å²) in [6.07, 6.45) is 2.74. The molecule has 0 amide bonds. The smallest absolute Gasteiger partial charge is 0.335 e. The number of alkyl halides is 2. The van der Waals surface area contributed by atoms with Crippen LogP contribution in [0, 0.1) is 5.82 Å². The third-order valence-corrected chi connectivity index (χ3v) is 4.54. The Balaban J connectivity index is 1.79. The van der Waals surface area contributed by atoms with E-state index in [1.165, 1.54) is 11.0 Å². The molecular formula is C18H14F3N3O2. The number of pyridine rings is 1. The molecule has 1 N–H and O–H groups in total. The van der Waals surface area contributed by atoms with E-state index in [-0.39, 0.29) is 11.1 Å². The van der Waals surface area contributed by atoms with Gasteiger partial charge in [0.25, 0.3) is 5.92 Å². The van der Waals surface area contributed by atoms with Crippen LogP contribution in [0.5, 0.6) is 0 Å². The topological polar surface area (TPSA) is 57.8 Å². The van der Waals surface area contributed by atoms with Gasteiger partial charge in [-0.25, -0.2) is 22.5 Å². The van der Waals surface area contributed by atoms with E-state index in [1.54, 1.807) is 35.1 Å². The van der Waals surface area contributed by atoms with Crippen LogP contribution in [-0.4, -0.2) is 33.2 Å². The van der Waals surface area contributed by atoms with Gasteiger partial charge in [-0.05, 0) is 42.0 Å². The fraction of sp³-hybridized carbons (Fsp3) is 0.222. The van der Waals surface area contributed by atoms with Crippen molar-refractivity contribution in [3.05, 3.63) is 65.7 Å². The van der Waals surface area contributed by atoms with E-state index in [4.69, 9.17) is 5.11 Å². The fourth-order valence-corrected chi connectivity index (χ4v) is 3.40. The first-order valence-electron chi connectivity index (χ1n) is 7.94. The Hall–Kier alpha value is -3.03. The van der Waals surface area contributed by atoms with Gasteiger partial charge in [0.15, 0.2) is 0 Å². The maximum atomic E-state index is 14.2. The Morgan fingerprint density at radius 1 is 1.23 bits per heavy atom. The molecule has 4 rings (SSSR count). The molecule has 0 bridgehead atoms. The van der Waals surface area contributed by atoms with Crippen LogP contribution >= 0.6 is 0 Å². The molecule has 3 heterocycles. The second-order valence-electron chi connectivity index (χ2n) is 6.37. The predicted octanol–water partition coefficient (Wildman–Crippen LogP) is 3.76. The summed E-state index contributed by atoms with van der Waals surface area (Å²) in [7, 11) is 0. The lowest BCUT2D eigenvalue weighted by atomic mass is 10.0. The third-order valence-electron chi connectivity index (χ3n) is 4.54. The van der Waals surface area contributed by atoms with E-state index in [1.807, 2.05) is 0 Å². The predicted molar refractivity (Wildman–Crippen MR) is 88.2 cm³/mol. The zero-order valence-electron chi connectivity index (χ0n) is 13.4. The highest BCUT2D eigenvalue weighted by Gasteiger charge is 2.46. The highest BCUT2D eigenvalue weighted by atomic mass is 19.3. The van der Waals surface area contributed by atoms with Gasteiger partial charge in [0, 0.05) is 24.5 Å². The van der Waals surface area contributed by atoms with Gasteiger partial charge in [-0.3, -0.25) is 0 Å². The Morgan fingerprint density at radius 2 is 2.04 bits per heavy atom. The van der Waals surface area contributed by atoms with E-state index < -0.39 is 36.7 Å². The van der Waals surface area contributed by atoms with Gasteiger partial charge < -0.3 is 10.0 Å². The Labute approximate surface area is 146 Å². The van der Waals surface area contributed by atoms with Gasteiger partial charge in [-0.15, -0.1) is 0 Å². The number of rotatable bonds is 3. The first-order chi connectivity index (χ1) is 12.3. The van der Waals surface area contributed by atoms with Gasteiger partial charge in [0.1, 0.15) is 5.82 Å². The van der Waals surface area contributed by atoms with Crippen molar-refractivity contribution in [3.8, 4) is 0 Å². The summed E-state index contributed by atoms with van der Waals surface area (Å²) in [6, 6.07) is 7.54. The van der Waals surface area contributed by atoms with E-state index in [2.05, 4.69) is 5.10 Å². The Bertz CT molecular complexity index is 1000. The molecule has 3 aromatic rings. The zero-order valence-corrected chi connectivity index (χ0v) is 13.4. The van der Waals surface area contributed by atoms with Crippen molar-refractivity contribution < 1.29 is 23.1 Å². The molecule has 1 aromatic carbocycles. The van der Waals surface area contributed by atoms with Crippen molar-refractivity contribution in [3.63, 3.8) is 0 Å². The quantitative estimate of drug-likeness (QED) is 0.772. The molecule has 0 aliphatic carbocycles. The summed E-state index contributed by atoms with van der Waals surface area (Å²) in [5.41, 5.74) is 1.23. The van der Waals surface area contributed by atoms with Gasteiger partial charge in [-0.2, -0.15) is 5.10 Å². The Morgan fingerprint density at radius 3 is 2.81 bits per heavy atom. The second-order valence-corrected chi connectivity index (χ2v) is 6.37.